The minimum atomic E-state index is -2.06. The molecule has 0 aliphatic rings. The number of nitrogens with zero attached hydrogens (tertiary/aromatic N) is 3. The van der Waals surface area contributed by atoms with Crippen LogP contribution in [0.15, 0.2) is 35.3 Å². The molecule has 11 N–H and O–H groups in total. The summed E-state index contributed by atoms with van der Waals surface area (Å²) in [5.74, 6) is -3.55. The number of carbonyl (C=O) groups is 3. The molecule has 1 amide bonds. The predicted octanol–water partition coefficient (Wildman–Crippen LogP) is -1.39. The van der Waals surface area contributed by atoms with Gasteiger partial charge in [0.25, 0.3) is 11.5 Å². The number of aromatic amines is 1. The second-order valence-electron chi connectivity index (χ2n) is 7.88. The van der Waals surface area contributed by atoms with Crippen LogP contribution in [0.5, 0.6) is 0 Å². The molecule has 0 saturated heterocycles. The Labute approximate surface area is 203 Å². The van der Waals surface area contributed by atoms with Crippen LogP contribution in [0.1, 0.15) is 28.9 Å². The number of nitrogen functional groups attached to an aromatic ring is 1. The van der Waals surface area contributed by atoms with Crippen molar-refractivity contribution >= 4 is 40.6 Å². The molecule has 190 valence electrons. The van der Waals surface area contributed by atoms with Gasteiger partial charge in [-0.15, -0.1) is 0 Å². The van der Waals surface area contributed by atoms with Crippen LogP contribution in [0.3, 0.4) is 0 Å². The smallest absolute Gasteiger partial charge is 0.331 e. The first-order valence-electron chi connectivity index (χ1n) is 10.6. The van der Waals surface area contributed by atoms with E-state index in [1.807, 2.05) is 0 Å². The van der Waals surface area contributed by atoms with Gasteiger partial charge in [0.05, 0.1) is 24.5 Å². The molecule has 36 heavy (non-hydrogen) atoms. The highest BCUT2D eigenvalue weighted by atomic mass is 16.4. The van der Waals surface area contributed by atoms with Crippen LogP contribution in [-0.2, 0) is 16.1 Å². The van der Waals surface area contributed by atoms with Gasteiger partial charge in [-0.1, -0.05) is 0 Å². The predicted molar refractivity (Wildman–Crippen MR) is 128 cm³/mol. The number of carboxylic acid groups (broad SMARTS) is 2. The molecular weight excluding hydrogens is 474 g/mol. The Kier molecular flexibility index (Phi) is 7.76. The van der Waals surface area contributed by atoms with E-state index < -0.39 is 47.8 Å². The lowest BCUT2D eigenvalue weighted by atomic mass is 9.85. The Morgan fingerprint density at radius 2 is 1.83 bits per heavy atom. The molecule has 2 aromatic heterocycles. The zero-order valence-corrected chi connectivity index (χ0v) is 18.9. The highest BCUT2D eigenvalue weighted by molar-refractivity contribution is 5.98. The third-order valence-corrected chi connectivity index (χ3v) is 5.45. The van der Waals surface area contributed by atoms with E-state index in [0.29, 0.717) is 11.4 Å². The molecule has 0 saturated carbocycles. The Morgan fingerprint density at radius 3 is 2.44 bits per heavy atom. The van der Waals surface area contributed by atoms with Crippen LogP contribution < -0.4 is 33.4 Å². The number of aliphatic carboxylic acids is 2. The van der Waals surface area contributed by atoms with E-state index in [2.05, 4.69) is 30.6 Å². The van der Waals surface area contributed by atoms with Crippen molar-refractivity contribution in [3.63, 3.8) is 0 Å². The third-order valence-electron chi connectivity index (χ3n) is 5.45. The van der Waals surface area contributed by atoms with Crippen molar-refractivity contribution in [3.05, 3.63) is 52.1 Å². The summed E-state index contributed by atoms with van der Waals surface area (Å²) in [6.07, 6.45) is 0.460. The van der Waals surface area contributed by atoms with E-state index in [1.165, 1.54) is 18.3 Å². The van der Waals surface area contributed by atoms with Gasteiger partial charge in [-0.05, 0) is 30.7 Å². The average Bonchev–Trinajstić information content (AvgIpc) is 2.84. The summed E-state index contributed by atoms with van der Waals surface area (Å²) in [4.78, 5) is 62.3. The Balaban J connectivity index is 1.72. The van der Waals surface area contributed by atoms with Gasteiger partial charge in [-0.2, -0.15) is 4.98 Å². The Hall–Kier alpha value is -4.63. The summed E-state index contributed by atoms with van der Waals surface area (Å²) in [6, 6.07) is 4.81. The van der Waals surface area contributed by atoms with Crippen LogP contribution >= 0.6 is 0 Å². The fourth-order valence-corrected chi connectivity index (χ4v) is 3.43. The SMILES string of the molecule is NCC(N)C(CCC(=O)O)(NC(=O)c1ccc(NCc2cnc3nc(N)[nH]c(=O)c3n2)cc1)C(=O)O. The number of nitrogens with one attached hydrogen (secondary N) is 3. The first-order chi connectivity index (χ1) is 17.1. The molecule has 3 rings (SSSR count). The Bertz CT molecular complexity index is 1340. The zero-order chi connectivity index (χ0) is 26.5. The van der Waals surface area contributed by atoms with Crippen LogP contribution in [-0.4, -0.2) is 66.1 Å². The summed E-state index contributed by atoms with van der Waals surface area (Å²) >= 11 is 0. The number of carboxylic acids is 2. The van der Waals surface area contributed by atoms with Gasteiger partial charge < -0.3 is 38.0 Å². The molecular formula is C21H25N9O6. The van der Waals surface area contributed by atoms with Gasteiger partial charge in [0.15, 0.2) is 16.7 Å². The lowest BCUT2D eigenvalue weighted by Gasteiger charge is -2.35. The normalized spacial score (nSPS) is 13.5. The van der Waals surface area contributed by atoms with Crippen LogP contribution in [0.25, 0.3) is 11.2 Å². The number of hydrogen-bond acceptors (Lipinski definition) is 11. The van der Waals surface area contributed by atoms with Gasteiger partial charge in [0.1, 0.15) is 0 Å². The number of anilines is 2. The molecule has 0 aliphatic heterocycles. The van der Waals surface area contributed by atoms with E-state index in [9.17, 15) is 24.3 Å². The third kappa shape index (κ3) is 5.70. The number of fused-ring (bicyclic) bond motifs is 1. The average molecular weight is 499 g/mol. The first-order valence-corrected chi connectivity index (χ1v) is 10.6. The van der Waals surface area contributed by atoms with Crippen LogP contribution in [0.4, 0.5) is 11.6 Å². The quantitative estimate of drug-likeness (QED) is 0.151. The van der Waals surface area contributed by atoms with Crippen molar-refractivity contribution < 1.29 is 24.6 Å². The maximum absolute atomic E-state index is 12.8. The molecule has 0 bridgehead atoms. The van der Waals surface area contributed by atoms with Gasteiger partial charge in [0, 0.05) is 24.2 Å². The van der Waals surface area contributed by atoms with Gasteiger partial charge >= 0.3 is 11.9 Å². The van der Waals surface area contributed by atoms with E-state index >= 15 is 0 Å². The van der Waals surface area contributed by atoms with Crippen molar-refractivity contribution in [1.82, 2.24) is 25.3 Å². The lowest BCUT2D eigenvalue weighted by Crippen LogP contribution is -2.67. The van der Waals surface area contributed by atoms with E-state index in [1.54, 1.807) is 12.1 Å². The summed E-state index contributed by atoms with van der Waals surface area (Å²) in [7, 11) is 0. The summed E-state index contributed by atoms with van der Waals surface area (Å²) in [6.45, 7) is -0.0942. The van der Waals surface area contributed by atoms with E-state index in [-0.39, 0.29) is 35.8 Å². The molecule has 15 heteroatoms. The number of benzene rings is 1. The standard InChI is InChI=1S/C21H25N9O6/c22-7-13(23)21(19(35)36,6-5-14(31)32)30-17(33)10-1-3-11(4-2-10)25-8-12-9-26-16-15(27-12)18(34)29-20(24)28-16/h1-4,9,13,25H,5-8,22-23H2,(H,30,33)(H,31,32)(H,35,36)(H3,24,26,28,29,34). The van der Waals surface area contributed by atoms with Gasteiger partial charge in [-0.25, -0.2) is 14.8 Å². The van der Waals surface area contributed by atoms with Crippen molar-refractivity contribution in [1.29, 1.82) is 0 Å². The van der Waals surface area contributed by atoms with Crippen molar-refractivity contribution in [3.8, 4) is 0 Å². The maximum Gasteiger partial charge on any atom is 0.331 e. The summed E-state index contributed by atoms with van der Waals surface area (Å²) in [5, 5.41) is 24.2. The van der Waals surface area contributed by atoms with E-state index in [4.69, 9.17) is 22.3 Å². The van der Waals surface area contributed by atoms with Crippen LogP contribution in [0, 0.1) is 0 Å². The molecule has 2 atom stereocenters. The molecule has 0 fully saturated rings. The second-order valence-corrected chi connectivity index (χ2v) is 7.88. The molecule has 2 unspecified atom stereocenters. The fourth-order valence-electron chi connectivity index (χ4n) is 3.43. The van der Waals surface area contributed by atoms with Gasteiger partial charge in [-0.3, -0.25) is 19.4 Å². The number of nitrogens with two attached hydrogens (primary N) is 3. The number of amides is 1. The second kappa shape index (κ2) is 10.7. The molecule has 15 nitrogen and oxygen atoms in total. The topological polar surface area (TPSA) is 265 Å². The molecule has 0 aliphatic carbocycles. The molecule has 2 heterocycles. The lowest BCUT2D eigenvalue weighted by molar-refractivity contribution is -0.146. The number of H-pyrrole nitrogens is 1. The van der Waals surface area contributed by atoms with Crippen LogP contribution in [0.2, 0.25) is 0 Å². The molecule has 1 aromatic carbocycles. The molecule has 0 spiro atoms. The Morgan fingerprint density at radius 1 is 1.14 bits per heavy atom. The summed E-state index contributed by atoms with van der Waals surface area (Å²) in [5.41, 5.74) is 15.6. The molecule has 3 aromatic rings. The minimum absolute atomic E-state index is 0.0380. The fraction of sp³-hybridized carbons (Fsp3) is 0.286. The van der Waals surface area contributed by atoms with Gasteiger partial charge in [0.2, 0.25) is 5.95 Å². The minimum Gasteiger partial charge on any atom is -0.481 e. The number of rotatable bonds is 11. The highest BCUT2D eigenvalue weighted by Gasteiger charge is 2.45. The number of hydrogen-bond donors (Lipinski definition) is 8. The highest BCUT2D eigenvalue weighted by Crippen LogP contribution is 2.20. The van der Waals surface area contributed by atoms with Crippen molar-refractivity contribution in [2.45, 2.75) is 31.0 Å². The van der Waals surface area contributed by atoms with Crippen molar-refractivity contribution in [2.24, 2.45) is 11.5 Å². The first kappa shape index (κ1) is 26.0. The monoisotopic (exact) mass is 499 g/mol. The van der Waals surface area contributed by atoms with Crippen molar-refractivity contribution in [2.75, 3.05) is 17.6 Å². The zero-order valence-electron chi connectivity index (χ0n) is 18.9. The van der Waals surface area contributed by atoms with E-state index in [0.717, 1.165) is 0 Å². The largest absolute Gasteiger partial charge is 0.481 e. The summed E-state index contributed by atoms with van der Waals surface area (Å²) < 4.78 is 0. The molecule has 0 radical (unpaired) electrons. The maximum atomic E-state index is 12.8. The number of aromatic nitrogens is 4. The number of carbonyl (C=O) groups excluding carboxylic acids is 1.